The van der Waals surface area contributed by atoms with Crippen molar-refractivity contribution < 1.29 is 28.9 Å². The minimum atomic E-state index is -0.0421. The highest BCUT2D eigenvalue weighted by atomic mass is 16.7. The van der Waals surface area contributed by atoms with Gasteiger partial charge in [-0.3, -0.25) is 4.90 Å². The zero-order chi connectivity index (χ0) is 20.0. The molecule has 3 aliphatic heterocycles. The molecule has 2 aromatic carbocycles. The summed E-state index contributed by atoms with van der Waals surface area (Å²) in [7, 11) is 3.70. The maximum absolute atomic E-state index is 9.80. The minimum Gasteiger partial charge on any atom is -0.492 e. The van der Waals surface area contributed by atoms with E-state index >= 15 is 0 Å². The van der Waals surface area contributed by atoms with Gasteiger partial charge in [0, 0.05) is 30.1 Å². The summed E-state index contributed by atoms with van der Waals surface area (Å²) in [6, 6.07) is 7.55. The second-order valence-electron chi connectivity index (χ2n) is 7.28. The van der Waals surface area contributed by atoms with Gasteiger partial charge in [0.1, 0.15) is 0 Å². The van der Waals surface area contributed by atoms with Gasteiger partial charge in [0.15, 0.2) is 23.0 Å². The van der Waals surface area contributed by atoms with Crippen LogP contribution in [0, 0.1) is 0 Å². The number of methoxy groups -OCH3 is 1. The average molecular weight is 398 g/mol. The van der Waals surface area contributed by atoms with Crippen LogP contribution >= 0.6 is 0 Å². The molecule has 0 saturated carbocycles. The van der Waals surface area contributed by atoms with Crippen LogP contribution in [0.1, 0.15) is 29.2 Å². The van der Waals surface area contributed by atoms with Crippen molar-refractivity contribution in [3.63, 3.8) is 0 Å². The highest BCUT2D eigenvalue weighted by Crippen LogP contribution is 2.50. The molecule has 5 rings (SSSR count). The molecule has 0 aromatic heterocycles. The Morgan fingerprint density at radius 1 is 1.14 bits per heavy atom. The summed E-state index contributed by atoms with van der Waals surface area (Å²) in [5, 5.41) is 13.4. The Balaban J connectivity index is 1.53. The Kier molecular flexibility index (Phi) is 4.35. The first kappa shape index (κ1) is 17.9. The van der Waals surface area contributed by atoms with Crippen LogP contribution in [-0.2, 0) is 6.42 Å². The lowest BCUT2D eigenvalue weighted by molar-refractivity contribution is 0.170. The molecule has 0 fully saturated rings. The van der Waals surface area contributed by atoms with Crippen LogP contribution in [-0.4, -0.2) is 50.1 Å². The Hall–Kier alpha value is -3.13. The van der Waals surface area contributed by atoms with Crippen molar-refractivity contribution in [2.75, 3.05) is 34.3 Å². The lowest BCUT2D eigenvalue weighted by Crippen LogP contribution is -2.34. The SMILES string of the molecule is COc1c2c(cc3c1[C@H](C/C(=N\O)c1ccc4c(c1)OCO4)N(C)CC3)OCO2. The summed E-state index contributed by atoms with van der Waals surface area (Å²) < 4.78 is 27.8. The first-order valence-corrected chi connectivity index (χ1v) is 9.50. The number of likely N-dealkylation sites (N-methyl/N-ethyl adjacent to an activating group) is 1. The van der Waals surface area contributed by atoms with Crippen LogP contribution in [0.5, 0.6) is 28.7 Å². The number of hydrogen-bond donors (Lipinski definition) is 1. The van der Waals surface area contributed by atoms with Gasteiger partial charge in [-0.15, -0.1) is 0 Å². The summed E-state index contributed by atoms with van der Waals surface area (Å²) in [5.41, 5.74) is 3.56. The first-order valence-electron chi connectivity index (χ1n) is 9.50. The molecule has 8 nitrogen and oxygen atoms in total. The molecular weight excluding hydrogens is 376 g/mol. The fraction of sp³-hybridized carbons (Fsp3) is 0.381. The summed E-state index contributed by atoms with van der Waals surface area (Å²) >= 11 is 0. The molecule has 8 heteroatoms. The van der Waals surface area contributed by atoms with E-state index < -0.39 is 0 Å². The number of nitrogens with zero attached hydrogens (tertiary/aromatic N) is 2. The Morgan fingerprint density at radius 3 is 2.76 bits per heavy atom. The quantitative estimate of drug-likeness (QED) is 0.482. The molecule has 2 aromatic rings. The summed E-state index contributed by atoms with van der Waals surface area (Å²) in [6.45, 7) is 1.27. The molecule has 3 aliphatic rings. The second kappa shape index (κ2) is 7.04. The lowest BCUT2D eigenvalue weighted by Gasteiger charge is -2.36. The van der Waals surface area contributed by atoms with E-state index in [9.17, 15) is 5.21 Å². The third-order valence-electron chi connectivity index (χ3n) is 5.76. The van der Waals surface area contributed by atoms with E-state index in [4.69, 9.17) is 23.7 Å². The minimum absolute atomic E-state index is 0.0421. The van der Waals surface area contributed by atoms with Gasteiger partial charge in [-0.05, 0) is 43.3 Å². The van der Waals surface area contributed by atoms with Crippen LogP contribution in [0.2, 0.25) is 0 Å². The average Bonchev–Trinajstić information content (AvgIpc) is 3.40. The zero-order valence-electron chi connectivity index (χ0n) is 16.3. The normalized spacial score (nSPS) is 19.9. The fourth-order valence-corrected chi connectivity index (χ4v) is 4.26. The Labute approximate surface area is 168 Å². The Morgan fingerprint density at radius 2 is 1.93 bits per heavy atom. The van der Waals surface area contributed by atoms with Crippen LogP contribution < -0.4 is 23.7 Å². The molecule has 0 spiro atoms. The molecular formula is C21H22N2O6. The van der Waals surface area contributed by atoms with E-state index in [2.05, 4.69) is 17.1 Å². The van der Waals surface area contributed by atoms with Crippen LogP contribution in [0.15, 0.2) is 29.4 Å². The standard InChI is InChI=1S/C21H22N2O6/c1-23-6-5-13-8-18-20(29-11-28-18)21(25-2)19(13)15(23)9-14(22-24)12-3-4-16-17(7-12)27-10-26-16/h3-4,7-8,15,24H,5-6,9-11H2,1-2H3/b22-14+/t15-/m0/s1. The van der Waals surface area contributed by atoms with E-state index in [1.54, 1.807) is 7.11 Å². The van der Waals surface area contributed by atoms with Crippen molar-refractivity contribution >= 4 is 5.71 Å². The van der Waals surface area contributed by atoms with Gasteiger partial charge in [0.05, 0.1) is 12.8 Å². The van der Waals surface area contributed by atoms with E-state index in [1.165, 1.54) is 0 Å². The predicted molar refractivity (Wildman–Crippen MR) is 104 cm³/mol. The molecule has 3 heterocycles. The summed E-state index contributed by atoms with van der Waals surface area (Å²) in [5.74, 6) is 3.39. The molecule has 0 bridgehead atoms. The van der Waals surface area contributed by atoms with Crippen molar-refractivity contribution in [1.82, 2.24) is 4.90 Å². The molecule has 0 amide bonds. The van der Waals surface area contributed by atoms with Gasteiger partial charge < -0.3 is 28.9 Å². The monoisotopic (exact) mass is 398 g/mol. The predicted octanol–water partition coefficient (Wildman–Crippen LogP) is 2.95. The van der Waals surface area contributed by atoms with Gasteiger partial charge in [-0.2, -0.15) is 0 Å². The van der Waals surface area contributed by atoms with E-state index in [0.29, 0.717) is 35.1 Å². The third kappa shape index (κ3) is 2.91. The molecule has 0 saturated heterocycles. The molecule has 29 heavy (non-hydrogen) atoms. The number of oxime groups is 1. The third-order valence-corrected chi connectivity index (χ3v) is 5.76. The van der Waals surface area contributed by atoms with Crippen LogP contribution in [0.3, 0.4) is 0 Å². The summed E-state index contributed by atoms with van der Waals surface area (Å²) in [4.78, 5) is 2.24. The van der Waals surface area contributed by atoms with Crippen molar-refractivity contribution in [1.29, 1.82) is 0 Å². The number of benzene rings is 2. The number of ether oxygens (including phenoxy) is 5. The molecule has 0 unspecified atom stereocenters. The maximum Gasteiger partial charge on any atom is 0.231 e. The highest BCUT2D eigenvalue weighted by molar-refractivity contribution is 6.01. The molecule has 1 N–H and O–H groups in total. The van der Waals surface area contributed by atoms with Crippen molar-refractivity contribution in [3.8, 4) is 28.7 Å². The topological polar surface area (TPSA) is 82.0 Å². The zero-order valence-corrected chi connectivity index (χ0v) is 16.3. The van der Waals surface area contributed by atoms with Gasteiger partial charge in [-0.25, -0.2) is 0 Å². The second-order valence-corrected chi connectivity index (χ2v) is 7.28. The van der Waals surface area contributed by atoms with Gasteiger partial charge in [-0.1, -0.05) is 5.16 Å². The van der Waals surface area contributed by atoms with E-state index in [-0.39, 0.29) is 19.6 Å². The van der Waals surface area contributed by atoms with Crippen molar-refractivity contribution in [3.05, 3.63) is 41.0 Å². The fourth-order valence-electron chi connectivity index (χ4n) is 4.26. The highest BCUT2D eigenvalue weighted by Gasteiger charge is 2.35. The van der Waals surface area contributed by atoms with Crippen molar-refractivity contribution in [2.45, 2.75) is 18.9 Å². The van der Waals surface area contributed by atoms with Gasteiger partial charge in [0.2, 0.25) is 19.3 Å². The van der Waals surface area contributed by atoms with Gasteiger partial charge in [0.25, 0.3) is 0 Å². The lowest BCUT2D eigenvalue weighted by atomic mass is 9.87. The molecule has 1 atom stereocenters. The van der Waals surface area contributed by atoms with Crippen molar-refractivity contribution in [2.24, 2.45) is 5.16 Å². The number of rotatable bonds is 4. The maximum atomic E-state index is 9.80. The smallest absolute Gasteiger partial charge is 0.231 e. The number of fused-ring (bicyclic) bond motifs is 3. The number of hydrogen-bond acceptors (Lipinski definition) is 8. The van der Waals surface area contributed by atoms with Crippen LogP contribution in [0.4, 0.5) is 0 Å². The molecule has 0 aliphatic carbocycles. The van der Waals surface area contributed by atoms with E-state index in [1.807, 2.05) is 24.3 Å². The Bertz CT molecular complexity index is 990. The molecule has 0 radical (unpaired) electrons. The van der Waals surface area contributed by atoms with Crippen LogP contribution in [0.25, 0.3) is 0 Å². The largest absolute Gasteiger partial charge is 0.492 e. The van der Waals surface area contributed by atoms with E-state index in [0.717, 1.165) is 35.4 Å². The molecule has 152 valence electrons. The van der Waals surface area contributed by atoms with Gasteiger partial charge >= 0.3 is 0 Å². The summed E-state index contributed by atoms with van der Waals surface area (Å²) in [6.07, 6.45) is 1.38. The first-order chi connectivity index (χ1) is 14.2.